The molecule has 0 spiro atoms. The van der Waals surface area contributed by atoms with Crippen molar-refractivity contribution in [3.63, 3.8) is 0 Å². The number of hydrogen-bond acceptors (Lipinski definition) is 15. The molecule has 6 aromatic rings. The summed E-state index contributed by atoms with van der Waals surface area (Å²) < 4.78 is 61.2. The van der Waals surface area contributed by atoms with Gasteiger partial charge in [0.1, 0.15) is 34.9 Å². The van der Waals surface area contributed by atoms with Crippen LogP contribution in [0, 0.1) is 17.5 Å². The lowest BCUT2D eigenvalue weighted by Crippen LogP contribution is -2.28. The van der Waals surface area contributed by atoms with Gasteiger partial charge in [-0.15, -0.1) is 0 Å². The van der Waals surface area contributed by atoms with E-state index in [1.54, 1.807) is 39.5 Å². The van der Waals surface area contributed by atoms with Crippen LogP contribution in [0.15, 0.2) is 54.6 Å². The van der Waals surface area contributed by atoms with Crippen LogP contribution >= 0.6 is 0 Å². The molecule has 0 radical (unpaired) electrons. The number of carbonyl (C=O) groups is 3. The van der Waals surface area contributed by atoms with Gasteiger partial charge in [0.2, 0.25) is 0 Å². The van der Waals surface area contributed by atoms with E-state index in [0.717, 1.165) is 89.4 Å². The monoisotopic (exact) mass is 1050 g/mol. The zero-order valence-corrected chi connectivity index (χ0v) is 42.3. The Morgan fingerprint density at radius 1 is 0.487 bits per heavy atom. The van der Waals surface area contributed by atoms with E-state index in [1.807, 2.05) is 0 Å². The van der Waals surface area contributed by atoms with Crippen molar-refractivity contribution in [1.82, 2.24) is 29.3 Å². The van der Waals surface area contributed by atoms with Gasteiger partial charge in [-0.05, 0) is 129 Å². The normalized spacial score (nSPS) is 21.7. The molecular formula is C55H67F3N12O6. The van der Waals surface area contributed by atoms with E-state index in [-0.39, 0.29) is 60.9 Å². The molecule has 6 aliphatic rings. The third-order valence-electron chi connectivity index (χ3n) is 15.7. The van der Waals surface area contributed by atoms with E-state index >= 15 is 0 Å². The van der Waals surface area contributed by atoms with Crippen LogP contribution in [-0.4, -0.2) is 106 Å². The van der Waals surface area contributed by atoms with Crippen LogP contribution in [0.3, 0.4) is 0 Å². The largest absolute Gasteiger partial charge is 0.385 e. The van der Waals surface area contributed by atoms with Crippen LogP contribution in [0.25, 0.3) is 0 Å². The zero-order chi connectivity index (χ0) is 52.7. The van der Waals surface area contributed by atoms with Gasteiger partial charge in [-0.2, -0.15) is 29.3 Å². The molecule has 0 bridgehead atoms. The Morgan fingerprint density at radius 3 is 1.03 bits per heavy atom. The number of nitrogen functional groups attached to an aromatic ring is 3. The average molecular weight is 1050 g/mol. The van der Waals surface area contributed by atoms with Crippen molar-refractivity contribution in [2.75, 3.05) is 74.1 Å². The van der Waals surface area contributed by atoms with Crippen molar-refractivity contribution in [1.29, 1.82) is 0 Å². The number of fused-ring (bicyclic) bond motifs is 6. The zero-order valence-electron chi connectivity index (χ0n) is 42.3. The minimum Gasteiger partial charge on any atom is -0.385 e. The van der Waals surface area contributed by atoms with Gasteiger partial charge in [0, 0.05) is 94.0 Å². The Hall–Kier alpha value is -7.23. The predicted molar refractivity (Wildman–Crippen MR) is 284 cm³/mol. The highest BCUT2D eigenvalue weighted by atomic mass is 19.1. The van der Waals surface area contributed by atoms with Crippen LogP contribution in [-0.2, 0) is 52.7 Å². The molecule has 18 nitrogen and oxygen atoms in total. The number of aryl methyl sites for hydroxylation is 3. The standard InChI is InChI=1S/3C18H21FN4O2.CH4/c3*1-25-11-3-5-16-14(9-11)17(20)23(22-16)18(24)12-6-7-21-15-4-2-10(19)8-13(12)15;/h3*2,4,8,11-12,21H,3,5-7,9,20H2,1H3;1H4/t2*11-,12?;11-,12-;/m000./s1. The molecule has 3 aliphatic carbocycles. The lowest BCUT2D eigenvalue weighted by molar-refractivity contribution is 0.0850. The highest BCUT2D eigenvalue weighted by Crippen LogP contribution is 2.39. The van der Waals surface area contributed by atoms with Gasteiger partial charge < -0.3 is 47.4 Å². The molecule has 0 amide bonds. The number of halogens is 3. The maximum Gasteiger partial charge on any atom is 0.256 e. The molecule has 404 valence electrons. The first kappa shape index (κ1) is 53.6. The molecular weight excluding hydrogens is 982 g/mol. The van der Waals surface area contributed by atoms with Crippen molar-refractivity contribution in [2.24, 2.45) is 0 Å². The van der Waals surface area contributed by atoms with Crippen LogP contribution in [0.1, 0.15) is 129 Å². The second-order valence-corrected chi connectivity index (χ2v) is 20.0. The number of anilines is 6. The molecule has 6 heterocycles. The van der Waals surface area contributed by atoms with Gasteiger partial charge in [0.15, 0.2) is 0 Å². The topological polar surface area (TPSA) is 247 Å². The number of hydrogen-bond donors (Lipinski definition) is 6. The second-order valence-electron chi connectivity index (χ2n) is 20.0. The van der Waals surface area contributed by atoms with Crippen molar-refractivity contribution in [3.05, 3.63) is 123 Å². The summed E-state index contributed by atoms with van der Waals surface area (Å²) in [5, 5.41) is 23.0. The fourth-order valence-electron chi connectivity index (χ4n) is 11.5. The maximum absolute atomic E-state index is 13.7. The van der Waals surface area contributed by atoms with Gasteiger partial charge in [-0.3, -0.25) is 14.4 Å². The van der Waals surface area contributed by atoms with Crippen molar-refractivity contribution in [2.45, 2.75) is 121 Å². The Kier molecular flexibility index (Phi) is 15.9. The fraction of sp³-hybridized carbons (Fsp3) is 0.455. The number of aromatic nitrogens is 6. The van der Waals surface area contributed by atoms with Gasteiger partial charge >= 0.3 is 0 Å². The highest BCUT2D eigenvalue weighted by molar-refractivity contribution is 5.92. The Morgan fingerprint density at radius 2 is 0.763 bits per heavy atom. The van der Waals surface area contributed by atoms with E-state index in [4.69, 9.17) is 31.4 Å². The number of nitrogens with two attached hydrogens (primary N) is 3. The summed E-state index contributed by atoms with van der Waals surface area (Å²) in [5.74, 6) is -1.84. The quantitative estimate of drug-likeness (QED) is 0.0937. The van der Waals surface area contributed by atoms with Gasteiger partial charge in [0.05, 0.1) is 53.1 Å². The summed E-state index contributed by atoms with van der Waals surface area (Å²) in [4.78, 5) is 39.3. The predicted octanol–water partition coefficient (Wildman–Crippen LogP) is 7.68. The molecule has 0 saturated carbocycles. The SMILES string of the molecule is C.CO[C@H]1CCc2nn(C(=O)C3CCNc4ccc(F)cc43)c(N)c2C1.CO[C@H]1CCc2nn(C(=O)C3CCNc4ccc(F)cc43)c(N)c2C1.CO[C@H]1CCc2nn(C(=O)[C@H]3CCNc4ccc(F)cc43)c(N)c2C1. The molecule has 2 unspecified atom stereocenters. The van der Waals surface area contributed by atoms with Crippen LogP contribution in [0.5, 0.6) is 0 Å². The first-order chi connectivity index (χ1) is 36.2. The van der Waals surface area contributed by atoms with Crippen molar-refractivity contribution in [3.8, 4) is 0 Å². The number of nitrogens with one attached hydrogen (secondary N) is 3. The van der Waals surface area contributed by atoms with Gasteiger partial charge in [-0.25, -0.2) is 13.2 Å². The Balaban J connectivity index is 0.000000138. The number of rotatable bonds is 6. The smallest absolute Gasteiger partial charge is 0.256 e. The molecule has 6 atom stereocenters. The molecule has 3 aromatic heterocycles. The fourth-order valence-corrected chi connectivity index (χ4v) is 11.5. The number of ether oxygens (including phenoxy) is 3. The third kappa shape index (κ3) is 10.4. The van der Waals surface area contributed by atoms with E-state index < -0.39 is 17.8 Å². The third-order valence-corrected chi connectivity index (χ3v) is 15.7. The van der Waals surface area contributed by atoms with Gasteiger partial charge in [0.25, 0.3) is 17.7 Å². The number of nitrogens with zero attached hydrogens (tertiary/aromatic N) is 6. The minimum atomic E-state index is -0.450. The minimum absolute atomic E-state index is 0. The number of benzene rings is 3. The molecule has 3 aliphatic heterocycles. The Bertz CT molecular complexity index is 2830. The summed E-state index contributed by atoms with van der Waals surface area (Å²) in [6.45, 7) is 1.96. The van der Waals surface area contributed by atoms with Crippen molar-refractivity contribution >= 4 is 52.2 Å². The first-order valence-electron chi connectivity index (χ1n) is 25.6. The highest BCUT2D eigenvalue weighted by Gasteiger charge is 2.36. The maximum atomic E-state index is 13.7. The van der Waals surface area contributed by atoms with E-state index in [2.05, 4.69) is 31.2 Å². The lowest BCUT2D eigenvalue weighted by Gasteiger charge is -2.25. The first-order valence-corrected chi connectivity index (χ1v) is 25.6. The summed E-state index contributed by atoms with van der Waals surface area (Å²) in [5.41, 5.74) is 28.4. The Labute approximate surface area is 439 Å². The van der Waals surface area contributed by atoms with Crippen LogP contribution < -0.4 is 33.2 Å². The molecule has 0 saturated heterocycles. The summed E-state index contributed by atoms with van der Waals surface area (Å²) in [6.07, 6.45) is 8.93. The summed E-state index contributed by atoms with van der Waals surface area (Å²) in [6, 6.07) is 13.5. The average Bonchev–Trinajstić information content (AvgIpc) is 4.07. The molecule has 76 heavy (non-hydrogen) atoms. The van der Waals surface area contributed by atoms with Crippen LogP contribution in [0.2, 0.25) is 0 Å². The molecule has 0 fully saturated rings. The summed E-state index contributed by atoms with van der Waals surface area (Å²) >= 11 is 0. The van der Waals surface area contributed by atoms with Gasteiger partial charge in [-0.1, -0.05) is 7.43 Å². The van der Waals surface area contributed by atoms with E-state index in [9.17, 15) is 27.6 Å². The summed E-state index contributed by atoms with van der Waals surface area (Å²) in [7, 11) is 5.05. The second kappa shape index (κ2) is 22.5. The molecule has 21 heteroatoms. The lowest BCUT2D eigenvalue weighted by atomic mass is 9.90. The van der Waals surface area contributed by atoms with Crippen LogP contribution in [0.4, 0.5) is 47.7 Å². The number of methoxy groups -OCH3 is 3. The molecule has 3 aromatic carbocycles. The van der Waals surface area contributed by atoms with E-state index in [1.165, 1.54) is 50.4 Å². The molecule has 9 N–H and O–H groups in total. The number of carbonyl (C=O) groups excluding carboxylic acids is 3. The molecule has 12 rings (SSSR count). The van der Waals surface area contributed by atoms with Crippen molar-refractivity contribution < 1.29 is 41.8 Å². The van der Waals surface area contributed by atoms with E-state index in [0.29, 0.717) is 92.3 Å².